The van der Waals surface area contributed by atoms with Gasteiger partial charge in [0.05, 0.1) is 11.5 Å². The quantitative estimate of drug-likeness (QED) is 0.889. The molecule has 0 saturated heterocycles. The van der Waals surface area contributed by atoms with Gasteiger partial charge in [-0.2, -0.15) is 0 Å². The Hall–Kier alpha value is -1.85. The fourth-order valence-electron chi connectivity index (χ4n) is 1.86. The van der Waals surface area contributed by atoms with Gasteiger partial charge < -0.3 is 15.8 Å². The van der Waals surface area contributed by atoms with Crippen molar-refractivity contribution in [2.75, 3.05) is 24.8 Å². The fraction of sp³-hybridized carbons (Fsp3) is 0.267. The molecule has 3 N–H and O–H groups in total. The van der Waals surface area contributed by atoms with Crippen LogP contribution in [0.25, 0.3) is 0 Å². The summed E-state index contributed by atoms with van der Waals surface area (Å²) in [6.07, 6.45) is 0.762. The van der Waals surface area contributed by atoms with E-state index in [1.807, 2.05) is 31.2 Å². The summed E-state index contributed by atoms with van der Waals surface area (Å²) in [4.78, 5) is 13.8. The highest BCUT2D eigenvalue weighted by molar-refractivity contribution is 7.14. The minimum Gasteiger partial charge on any atom is -0.398 e. The maximum Gasteiger partial charge on any atom is 0.265 e. The van der Waals surface area contributed by atoms with Crippen molar-refractivity contribution in [2.45, 2.75) is 13.3 Å². The molecule has 2 rings (SSSR count). The van der Waals surface area contributed by atoms with Crippen molar-refractivity contribution in [3.8, 4) is 0 Å². The number of nitrogens with two attached hydrogens (primary N) is 1. The number of rotatable bonds is 5. The molecule has 20 heavy (non-hydrogen) atoms. The van der Waals surface area contributed by atoms with Crippen LogP contribution in [-0.4, -0.2) is 19.6 Å². The molecule has 1 aromatic carbocycles. The molecule has 0 spiro atoms. The Bertz CT molecular complexity index is 588. The van der Waals surface area contributed by atoms with E-state index in [0.29, 0.717) is 17.2 Å². The zero-order valence-corrected chi connectivity index (χ0v) is 12.4. The summed E-state index contributed by atoms with van der Waals surface area (Å²) >= 11 is 1.40. The molecule has 0 radical (unpaired) electrons. The molecule has 4 nitrogen and oxygen atoms in total. The number of amides is 1. The summed E-state index contributed by atoms with van der Waals surface area (Å²) < 4.78 is 5.08. The fourth-order valence-corrected chi connectivity index (χ4v) is 2.70. The third kappa shape index (κ3) is 3.37. The van der Waals surface area contributed by atoms with E-state index in [1.54, 1.807) is 13.2 Å². The number of benzene rings is 1. The highest BCUT2D eigenvalue weighted by atomic mass is 32.1. The second-order valence-electron chi connectivity index (χ2n) is 4.48. The highest BCUT2D eigenvalue weighted by Gasteiger charge is 2.12. The van der Waals surface area contributed by atoms with Gasteiger partial charge in [-0.3, -0.25) is 4.79 Å². The molecular formula is C15H18N2O2S. The van der Waals surface area contributed by atoms with Crippen LogP contribution in [0.15, 0.2) is 30.3 Å². The molecule has 106 valence electrons. The van der Waals surface area contributed by atoms with Gasteiger partial charge in [0, 0.05) is 23.4 Å². The highest BCUT2D eigenvalue weighted by Crippen LogP contribution is 2.25. The van der Waals surface area contributed by atoms with Crippen LogP contribution in [0.5, 0.6) is 0 Å². The largest absolute Gasteiger partial charge is 0.398 e. The monoisotopic (exact) mass is 290 g/mol. The third-order valence-electron chi connectivity index (χ3n) is 3.02. The molecule has 2 aromatic rings. The molecular weight excluding hydrogens is 272 g/mol. The van der Waals surface area contributed by atoms with Gasteiger partial charge in [-0.25, -0.2) is 0 Å². The normalized spacial score (nSPS) is 10.5. The number of hydrogen-bond donors (Lipinski definition) is 2. The third-order valence-corrected chi connectivity index (χ3v) is 4.09. The summed E-state index contributed by atoms with van der Waals surface area (Å²) in [5.41, 5.74) is 8.32. The lowest BCUT2D eigenvalue weighted by Gasteiger charge is -2.10. The molecule has 0 unspecified atom stereocenters. The SMILES string of the molecule is COCCc1ccccc1NC(=O)c1cc(N)c(C)s1. The van der Waals surface area contributed by atoms with E-state index in [9.17, 15) is 4.79 Å². The average Bonchev–Trinajstić information content (AvgIpc) is 2.78. The van der Waals surface area contributed by atoms with Crippen molar-refractivity contribution in [1.82, 2.24) is 0 Å². The minimum atomic E-state index is -0.125. The van der Waals surface area contributed by atoms with Gasteiger partial charge in [0.1, 0.15) is 0 Å². The standard InChI is InChI=1S/C15H18N2O2S/c1-10-12(16)9-14(20-10)15(18)17-13-6-4-3-5-11(13)7-8-19-2/h3-6,9H,7-8,16H2,1-2H3,(H,17,18). The number of para-hydroxylation sites is 1. The molecule has 1 aromatic heterocycles. The minimum absolute atomic E-state index is 0.125. The lowest BCUT2D eigenvalue weighted by Crippen LogP contribution is -2.12. The van der Waals surface area contributed by atoms with E-state index in [0.717, 1.165) is 22.5 Å². The van der Waals surface area contributed by atoms with Crippen molar-refractivity contribution in [3.63, 3.8) is 0 Å². The molecule has 0 aliphatic heterocycles. The zero-order valence-electron chi connectivity index (χ0n) is 11.6. The van der Waals surface area contributed by atoms with Crippen LogP contribution < -0.4 is 11.1 Å². The number of anilines is 2. The molecule has 0 saturated carbocycles. The van der Waals surface area contributed by atoms with Crippen LogP contribution in [0.4, 0.5) is 11.4 Å². The Morgan fingerprint density at radius 2 is 2.15 bits per heavy atom. The Morgan fingerprint density at radius 1 is 1.40 bits per heavy atom. The predicted molar refractivity (Wildman–Crippen MR) is 83.4 cm³/mol. The number of carbonyl (C=O) groups excluding carboxylic acids is 1. The van der Waals surface area contributed by atoms with Crippen molar-refractivity contribution >= 4 is 28.6 Å². The van der Waals surface area contributed by atoms with Crippen molar-refractivity contribution in [3.05, 3.63) is 45.6 Å². The molecule has 1 heterocycles. The topological polar surface area (TPSA) is 64.3 Å². The Labute approximate surface area is 122 Å². The number of carbonyl (C=O) groups is 1. The Kier molecular flexibility index (Phi) is 4.76. The van der Waals surface area contributed by atoms with Crippen LogP contribution in [0.1, 0.15) is 20.1 Å². The second-order valence-corrected chi connectivity index (χ2v) is 5.73. The van der Waals surface area contributed by atoms with Gasteiger partial charge in [-0.15, -0.1) is 11.3 Å². The summed E-state index contributed by atoms with van der Waals surface area (Å²) in [5.74, 6) is -0.125. The summed E-state index contributed by atoms with van der Waals surface area (Å²) in [6.45, 7) is 2.53. The van der Waals surface area contributed by atoms with Gasteiger partial charge in [0.15, 0.2) is 0 Å². The summed E-state index contributed by atoms with van der Waals surface area (Å²) in [5, 5.41) is 2.94. The van der Waals surface area contributed by atoms with Crippen LogP contribution in [0.3, 0.4) is 0 Å². The molecule has 0 bridgehead atoms. The number of nitrogens with one attached hydrogen (secondary N) is 1. The summed E-state index contributed by atoms with van der Waals surface area (Å²) in [6, 6.07) is 9.45. The number of methoxy groups -OCH3 is 1. The van der Waals surface area contributed by atoms with E-state index < -0.39 is 0 Å². The first-order valence-corrected chi connectivity index (χ1v) is 7.17. The number of nitrogen functional groups attached to an aromatic ring is 1. The summed E-state index contributed by atoms with van der Waals surface area (Å²) in [7, 11) is 1.67. The maximum absolute atomic E-state index is 12.2. The van der Waals surface area contributed by atoms with Crippen LogP contribution in [0, 0.1) is 6.92 Å². The molecule has 0 fully saturated rings. The number of ether oxygens (including phenoxy) is 1. The second kappa shape index (κ2) is 6.54. The lowest BCUT2D eigenvalue weighted by molar-refractivity contribution is 0.103. The van der Waals surface area contributed by atoms with E-state index in [4.69, 9.17) is 10.5 Å². The van der Waals surface area contributed by atoms with Crippen molar-refractivity contribution in [2.24, 2.45) is 0 Å². The van der Waals surface area contributed by atoms with Gasteiger partial charge in [0.25, 0.3) is 5.91 Å². The maximum atomic E-state index is 12.2. The molecule has 5 heteroatoms. The molecule has 1 amide bonds. The van der Waals surface area contributed by atoms with Gasteiger partial charge in [0.2, 0.25) is 0 Å². The smallest absolute Gasteiger partial charge is 0.265 e. The van der Waals surface area contributed by atoms with E-state index >= 15 is 0 Å². The molecule has 0 atom stereocenters. The Balaban J connectivity index is 2.15. The van der Waals surface area contributed by atoms with Crippen LogP contribution >= 0.6 is 11.3 Å². The van der Waals surface area contributed by atoms with Crippen LogP contribution in [0.2, 0.25) is 0 Å². The van der Waals surface area contributed by atoms with Crippen molar-refractivity contribution < 1.29 is 9.53 Å². The number of thiophene rings is 1. The Morgan fingerprint density at radius 3 is 2.80 bits per heavy atom. The van der Waals surface area contributed by atoms with Gasteiger partial charge in [-0.1, -0.05) is 18.2 Å². The van der Waals surface area contributed by atoms with E-state index in [-0.39, 0.29) is 5.91 Å². The van der Waals surface area contributed by atoms with Gasteiger partial charge in [-0.05, 0) is 31.0 Å². The number of aryl methyl sites for hydroxylation is 1. The lowest BCUT2D eigenvalue weighted by atomic mass is 10.1. The van der Waals surface area contributed by atoms with Gasteiger partial charge >= 0.3 is 0 Å². The predicted octanol–water partition coefficient (Wildman–Crippen LogP) is 3.08. The van der Waals surface area contributed by atoms with Crippen LogP contribution in [-0.2, 0) is 11.2 Å². The zero-order chi connectivity index (χ0) is 14.5. The first-order valence-electron chi connectivity index (χ1n) is 6.36. The molecule has 0 aliphatic rings. The van der Waals surface area contributed by atoms with Crippen molar-refractivity contribution in [1.29, 1.82) is 0 Å². The van der Waals surface area contributed by atoms with E-state index in [1.165, 1.54) is 11.3 Å². The first-order chi connectivity index (χ1) is 9.61. The van der Waals surface area contributed by atoms with E-state index in [2.05, 4.69) is 5.32 Å². The number of hydrogen-bond acceptors (Lipinski definition) is 4. The molecule has 0 aliphatic carbocycles. The average molecular weight is 290 g/mol. The first kappa shape index (κ1) is 14.6.